The fourth-order valence-corrected chi connectivity index (χ4v) is 0.764. The molecule has 3 nitrogen and oxygen atoms in total. The molecule has 0 saturated carbocycles. The lowest BCUT2D eigenvalue weighted by Gasteiger charge is -1.94. The van der Waals surface area contributed by atoms with Gasteiger partial charge in [0.2, 0.25) is 0 Å². The quantitative estimate of drug-likeness (QED) is 0.388. The fraction of sp³-hybridized carbons (Fsp3) is 0. The first-order valence-corrected chi connectivity index (χ1v) is 3.15. The summed E-state index contributed by atoms with van der Waals surface area (Å²) in [6.07, 6.45) is 0.969. The summed E-state index contributed by atoms with van der Waals surface area (Å²) in [7, 11) is 0. The smallest absolute Gasteiger partial charge is 0.133 e. The molecule has 0 spiro atoms. The van der Waals surface area contributed by atoms with Crippen molar-refractivity contribution in [3.8, 4) is 6.07 Å². The van der Waals surface area contributed by atoms with Crippen molar-refractivity contribution in [2.45, 2.75) is 0 Å². The van der Waals surface area contributed by atoms with Gasteiger partial charge in [-0.15, -0.1) is 0 Å². The van der Waals surface area contributed by atoms with Gasteiger partial charge in [0.25, 0.3) is 0 Å². The van der Waals surface area contributed by atoms with Crippen LogP contribution in [0.25, 0.3) is 0 Å². The van der Waals surface area contributed by atoms with E-state index in [-0.39, 0.29) is 11.1 Å². The Bertz CT molecular complexity index is 355. The number of benzene rings is 1. The Hall–Kier alpha value is -1.89. The van der Waals surface area contributed by atoms with E-state index in [9.17, 15) is 4.39 Å². The predicted octanol–water partition coefficient (Wildman–Crippen LogP) is 1.51. The lowest BCUT2D eigenvalue weighted by molar-refractivity contribution is 0.321. The van der Waals surface area contributed by atoms with Crippen molar-refractivity contribution in [3.63, 3.8) is 0 Å². The maximum atomic E-state index is 12.9. The number of nitrogens with zero attached hydrogens (tertiary/aromatic N) is 2. The molecule has 0 unspecified atom stereocenters. The summed E-state index contributed by atoms with van der Waals surface area (Å²) in [5.74, 6) is -0.577. The van der Waals surface area contributed by atoms with Crippen LogP contribution in [0.5, 0.6) is 0 Å². The fourth-order valence-electron chi connectivity index (χ4n) is 0.764. The van der Waals surface area contributed by atoms with Crippen molar-refractivity contribution in [1.82, 2.24) is 0 Å². The molecule has 0 fully saturated rings. The summed E-state index contributed by atoms with van der Waals surface area (Å²) in [5.41, 5.74) is 0.388. The number of rotatable bonds is 1. The molecule has 0 saturated heterocycles. The van der Waals surface area contributed by atoms with Crippen LogP contribution in [0.15, 0.2) is 23.4 Å². The van der Waals surface area contributed by atoms with Crippen LogP contribution in [-0.2, 0) is 0 Å². The molecule has 0 aliphatic carbocycles. The molecule has 60 valence electrons. The molecule has 1 aromatic carbocycles. The Morgan fingerprint density at radius 3 is 2.83 bits per heavy atom. The maximum Gasteiger partial charge on any atom is 0.133 e. The molecule has 4 heteroatoms. The third kappa shape index (κ3) is 1.58. The van der Waals surface area contributed by atoms with Gasteiger partial charge in [-0.2, -0.15) is 5.26 Å². The molecule has 1 N–H and O–H groups in total. The SMILES string of the molecule is N#Cc1ccc(/C=N/O)c(F)c1. The van der Waals surface area contributed by atoms with Crippen LogP contribution in [0.3, 0.4) is 0 Å². The van der Waals surface area contributed by atoms with E-state index < -0.39 is 5.82 Å². The highest BCUT2D eigenvalue weighted by Crippen LogP contribution is 2.07. The van der Waals surface area contributed by atoms with Crippen LogP contribution in [0.1, 0.15) is 11.1 Å². The van der Waals surface area contributed by atoms with Gasteiger partial charge in [0.05, 0.1) is 17.8 Å². The monoisotopic (exact) mass is 164 g/mol. The summed E-state index contributed by atoms with van der Waals surface area (Å²) in [5, 5.41) is 19.2. The van der Waals surface area contributed by atoms with Crippen molar-refractivity contribution in [1.29, 1.82) is 5.26 Å². The van der Waals surface area contributed by atoms with Crippen molar-refractivity contribution < 1.29 is 9.60 Å². The van der Waals surface area contributed by atoms with Gasteiger partial charge < -0.3 is 5.21 Å². The zero-order valence-corrected chi connectivity index (χ0v) is 6.03. The van der Waals surface area contributed by atoms with Crippen LogP contribution in [0, 0.1) is 17.1 Å². The third-order valence-corrected chi connectivity index (χ3v) is 1.33. The molecular formula is C8H5FN2O. The molecule has 0 heterocycles. The molecular weight excluding hydrogens is 159 g/mol. The summed E-state index contributed by atoms with van der Waals surface area (Å²) >= 11 is 0. The van der Waals surface area contributed by atoms with Crippen molar-refractivity contribution in [2.24, 2.45) is 5.16 Å². The predicted molar refractivity (Wildman–Crippen MR) is 40.5 cm³/mol. The Balaban J connectivity index is 3.14. The van der Waals surface area contributed by atoms with Crippen LogP contribution in [-0.4, -0.2) is 11.4 Å². The van der Waals surface area contributed by atoms with Crippen LogP contribution >= 0.6 is 0 Å². The average Bonchev–Trinajstić information content (AvgIpc) is 2.09. The second-order valence-electron chi connectivity index (χ2n) is 2.09. The van der Waals surface area contributed by atoms with Crippen molar-refractivity contribution in [2.75, 3.05) is 0 Å². The van der Waals surface area contributed by atoms with Gasteiger partial charge in [-0.1, -0.05) is 5.16 Å². The average molecular weight is 164 g/mol. The molecule has 1 aromatic rings. The number of hydrogen-bond donors (Lipinski definition) is 1. The normalized spacial score (nSPS) is 10.0. The highest BCUT2D eigenvalue weighted by molar-refractivity contribution is 5.79. The Kier molecular flexibility index (Phi) is 2.38. The van der Waals surface area contributed by atoms with E-state index in [0.29, 0.717) is 0 Å². The molecule has 0 amide bonds. The second-order valence-corrected chi connectivity index (χ2v) is 2.09. The Morgan fingerprint density at radius 1 is 1.58 bits per heavy atom. The van der Waals surface area contributed by atoms with Crippen LogP contribution < -0.4 is 0 Å². The standard InChI is InChI=1S/C8H5FN2O/c9-8-3-6(4-10)1-2-7(8)5-11-12/h1-3,5,12H/b11-5+. The van der Waals surface area contributed by atoms with E-state index >= 15 is 0 Å². The highest BCUT2D eigenvalue weighted by atomic mass is 19.1. The number of halogens is 1. The zero-order chi connectivity index (χ0) is 8.97. The second kappa shape index (κ2) is 3.49. The van der Waals surface area contributed by atoms with Gasteiger partial charge in [-0.25, -0.2) is 4.39 Å². The molecule has 0 aliphatic heterocycles. The van der Waals surface area contributed by atoms with E-state index in [2.05, 4.69) is 5.16 Å². The maximum absolute atomic E-state index is 12.9. The largest absolute Gasteiger partial charge is 0.411 e. The summed E-state index contributed by atoms with van der Waals surface area (Å²) in [6, 6.07) is 5.68. The molecule has 0 radical (unpaired) electrons. The first kappa shape index (κ1) is 8.21. The van der Waals surface area contributed by atoms with Gasteiger partial charge >= 0.3 is 0 Å². The van der Waals surface area contributed by atoms with Crippen molar-refractivity contribution >= 4 is 6.21 Å². The first-order valence-electron chi connectivity index (χ1n) is 3.15. The summed E-state index contributed by atoms with van der Waals surface area (Å²) in [4.78, 5) is 0. The van der Waals surface area contributed by atoms with E-state index in [1.54, 1.807) is 6.07 Å². The number of nitriles is 1. The molecule has 1 rings (SSSR count). The number of oxime groups is 1. The topological polar surface area (TPSA) is 56.4 Å². The van der Waals surface area contributed by atoms with Crippen LogP contribution in [0.4, 0.5) is 4.39 Å². The lowest BCUT2D eigenvalue weighted by Crippen LogP contribution is -1.88. The van der Waals surface area contributed by atoms with Crippen LogP contribution in [0.2, 0.25) is 0 Å². The minimum atomic E-state index is -0.577. The van der Waals surface area contributed by atoms with E-state index in [1.165, 1.54) is 12.1 Å². The van der Waals surface area contributed by atoms with Gasteiger partial charge in [-0.05, 0) is 18.2 Å². The van der Waals surface area contributed by atoms with Gasteiger partial charge in [0.1, 0.15) is 5.82 Å². The highest BCUT2D eigenvalue weighted by Gasteiger charge is 1.99. The zero-order valence-electron chi connectivity index (χ0n) is 6.03. The van der Waals surface area contributed by atoms with Gasteiger partial charge in [-0.3, -0.25) is 0 Å². The molecule has 0 aliphatic rings. The lowest BCUT2D eigenvalue weighted by atomic mass is 10.1. The molecule has 0 bridgehead atoms. The number of hydrogen-bond acceptors (Lipinski definition) is 3. The molecule has 0 aromatic heterocycles. The first-order chi connectivity index (χ1) is 5.77. The Labute approximate surface area is 68.4 Å². The van der Waals surface area contributed by atoms with Gasteiger partial charge in [0, 0.05) is 5.56 Å². The van der Waals surface area contributed by atoms with Gasteiger partial charge in [0.15, 0.2) is 0 Å². The van der Waals surface area contributed by atoms with E-state index in [4.69, 9.17) is 10.5 Å². The minimum Gasteiger partial charge on any atom is -0.411 e. The molecule has 12 heavy (non-hydrogen) atoms. The third-order valence-electron chi connectivity index (χ3n) is 1.33. The van der Waals surface area contributed by atoms with E-state index in [0.717, 1.165) is 12.3 Å². The van der Waals surface area contributed by atoms with E-state index in [1.807, 2.05) is 0 Å². The Morgan fingerprint density at radius 2 is 2.33 bits per heavy atom. The minimum absolute atomic E-state index is 0.150. The summed E-state index contributed by atoms with van der Waals surface area (Å²) in [6.45, 7) is 0. The summed E-state index contributed by atoms with van der Waals surface area (Å²) < 4.78 is 12.9. The van der Waals surface area contributed by atoms with Crippen molar-refractivity contribution in [3.05, 3.63) is 35.1 Å². The molecule has 0 atom stereocenters.